The van der Waals surface area contributed by atoms with E-state index in [4.69, 9.17) is 4.74 Å². The van der Waals surface area contributed by atoms with E-state index in [1.165, 1.54) is 30.0 Å². The largest absolute Gasteiger partial charge is 0.493 e. The summed E-state index contributed by atoms with van der Waals surface area (Å²) in [6.07, 6.45) is 3.14. The van der Waals surface area contributed by atoms with Gasteiger partial charge in [-0.2, -0.15) is 18.6 Å². The van der Waals surface area contributed by atoms with Gasteiger partial charge in [0.05, 0.1) is 12.8 Å². The minimum atomic E-state index is -3.00. The zero-order valence-electron chi connectivity index (χ0n) is 16.9. The summed E-state index contributed by atoms with van der Waals surface area (Å²) in [4.78, 5) is 21.2. The fourth-order valence-corrected chi connectivity index (χ4v) is 2.58. The summed E-state index contributed by atoms with van der Waals surface area (Å²) in [6.45, 7) is 2.96. The molecule has 8 nitrogen and oxygen atoms in total. The van der Waals surface area contributed by atoms with E-state index >= 15 is 0 Å². The van der Waals surface area contributed by atoms with Crippen LogP contribution in [0.1, 0.15) is 36.8 Å². The van der Waals surface area contributed by atoms with Gasteiger partial charge in [-0.1, -0.05) is 20.8 Å². The number of methoxy groups -OCH3 is 1. The minimum Gasteiger partial charge on any atom is -0.493 e. The Morgan fingerprint density at radius 3 is 2.43 bits per heavy atom. The number of hydrogen-bond donors (Lipinski definition) is 1. The molecule has 3 aromatic rings. The first-order chi connectivity index (χ1) is 14.2. The molecule has 0 bridgehead atoms. The average Bonchev–Trinajstić information content (AvgIpc) is 3.12. The van der Waals surface area contributed by atoms with Crippen molar-refractivity contribution >= 4 is 11.7 Å². The van der Waals surface area contributed by atoms with Crippen LogP contribution in [0.2, 0.25) is 0 Å². The summed E-state index contributed by atoms with van der Waals surface area (Å²) in [6, 6.07) is 7.33. The van der Waals surface area contributed by atoms with Crippen LogP contribution in [0, 0.1) is 0 Å². The fraction of sp³-hybridized carbons (Fsp3) is 0.300. The molecule has 0 fully saturated rings. The molecule has 0 saturated heterocycles. The van der Waals surface area contributed by atoms with Crippen LogP contribution in [0.3, 0.4) is 0 Å². The smallest absolute Gasteiger partial charge is 0.387 e. The van der Waals surface area contributed by atoms with Crippen molar-refractivity contribution in [1.82, 2.24) is 19.7 Å². The molecule has 0 saturated carbocycles. The van der Waals surface area contributed by atoms with Gasteiger partial charge in [-0.15, -0.1) is 0 Å². The van der Waals surface area contributed by atoms with Crippen molar-refractivity contribution < 1.29 is 23.0 Å². The van der Waals surface area contributed by atoms with Crippen molar-refractivity contribution in [3.05, 3.63) is 54.0 Å². The summed E-state index contributed by atoms with van der Waals surface area (Å²) in [5, 5.41) is 7.29. The minimum absolute atomic E-state index is 0.0123. The van der Waals surface area contributed by atoms with Gasteiger partial charge >= 0.3 is 6.61 Å². The average molecular weight is 417 g/mol. The number of rotatable bonds is 6. The normalized spacial score (nSPS) is 11.4. The number of carbonyl (C=O) groups is 1. The summed E-state index contributed by atoms with van der Waals surface area (Å²) >= 11 is 0. The Morgan fingerprint density at radius 2 is 1.83 bits per heavy atom. The van der Waals surface area contributed by atoms with Crippen molar-refractivity contribution in [3.8, 4) is 17.4 Å². The molecular weight excluding hydrogens is 396 g/mol. The number of halogens is 2. The number of ether oxygens (including phenoxy) is 2. The molecule has 1 N–H and O–H groups in total. The number of nitrogens with zero attached hydrogens (tertiary/aromatic N) is 4. The molecule has 2 aromatic heterocycles. The first-order valence-electron chi connectivity index (χ1n) is 9.01. The second kappa shape index (κ2) is 8.44. The number of nitrogens with one attached hydrogen (secondary N) is 1. The topological polar surface area (TPSA) is 91.2 Å². The van der Waals surface area contributed by atoms with E-state index in [1.54, 1.807) is 24.5 Å². The molecule has 2 heterocycles. The summed E-state index contributed by atoms with van der Waals surface area (Å²) in [7, 11) is 1.30. The molecule has 0 aliphatic heterocycles. The van der Waals surface area contributed by atoms with Crippen molar-refractivity contribution in [3.63, 3.8) is 0 Å². The Hall–Kier alpha value is -3.56. The summed E-state index contributed by atoms with van der Waals surface area (Å²) in [5.41, 5.74) is 0.632. The Bertz CT molecular complexity index is 1030. The molecule has 0 radical (unpaired) electrons. The highest BCUT2D eigenvalue weighted by Crippen LogP contribution is 2.30. The Balaban J connectivity index is 1.94. The molecule has 1 aromatic carbocycles. The van der Waals surface area contributed by atoms with Gasteiger partial charge in [0.2, 0.25) is 0 Å². The Morgan fingerprint density at radius 1 is 1.13 bits per heavy atom. The molecule has 0 aliphatic carbocycles. The molecule has 3 rings (SSSR count). The molecule has 10 heteroatoms. The molecule has 158 valence electrons. The van der Waals surface area contributed by atoms with Gasteiger partial charge in [0.15, 0.2) is 11.5 Å². The van der Waals surface area contributed by atoms with Crippen molar-refractivity contribution in [1.29, 1.82) is 0 Å². The number of amides is 1. The maximum Gasteiger partial charge on any atom is 0.387 e. The van der Waals surface area contributed by atoms with Crippen molar-refractivity contribution in [2.24, 2.45) is 0 Å². The maximum atomic E-state index is 12.8. The van der Waals surface area contributed by atoms with Crippen LogP contribution >= 0.6 is 0 Å². The van der Waals surface area contributed by atoms with Gasteiger partial charge in [-0.3, -0.25) is 4.79 Å². The lowest BCUT2D eigenvalue weighted by molar-refractivity contribution is -0.0512. The van der Waals surface area contributed by atoms with Crippen LogP contribution in [0.15, 0.2) is 42.7 Å². The molecule has 0 spiro atoms. The first-order valence-corrected chi connectivity index (χ1v) is 9.01. The highest BCUT2D eigenvalue weighted by molar-refractivity contribution is 6.04. The fourth-order valence-electron chi connectivity index (χ4n) is 2.58. The predicted octanol–water partition coefficient (Wildman–Crippen LogP) is 3.82. The number of benzene rings is 1. The molecule has 0 unspecified atom stereocenters. The predicted molar refractivity (Wildman–Crippen MR) is 105 cm³/mol. The van der Waals surface area contributed by atoms with Crippen LogP contribution in [-0.2, 0) is 5.41 Å². The number of aromatic nitrogens is 4. The van der Waals surface area contributed by atoms with Gasteiger partial charge in [0.1, 0.15) is 5.82 Å². The van der Waals surface area contributed by atoms with E-state index in [0.717, 1.165) is 5.69 Å². The molecule has 30 heavy (non-hydrogen) atoms. The highest BCUT2D eigenvalue weighted by Gasteiger charge is 2.23. The lowest BCUT2D eigenvalue weighted by Gasteiger charge is -2.13. The van der Waals surface area contributed by atoms with E-state index in [1.807, 2.05) is 20.8 Å². The van der Waals surface area contributed by atoms with Crippen LogP contribution in [-0.4, -0.2) is 39.4 Å². The van der Waals surface area contributed by atoms with E-state index in [9.17, 15) is 13.6 Å². The monoisotopic (exact) mass is 417 g/mol. The van der Waals surface area contributed by atoms with Crippen molar-refractivity contribution in [2.75, 3.05) is 12.4 Å². The van der Waals surface area contributed by atoms with Gasteiger partial charge < -0.3 is 14.8 Å². The number of hydrogen-bond acceptors (Lipinski definition) is 6. The summed E-state index contributed by atoms with van der Waals surface area (Å²) in [5.74, 6) is 0.0130. The van der Waals surface area contributed by atoms with E-state index in [-0.39, 0.29) is 22.5 Å². The molecule has 0 aliphatic rings. The van der Waals surface area contributed by atoms with E-state index < -0.39 is 12.5 Å². The lowest BCUT2D eigenvalue weighted by Crippen LogP contribution is -2.16. The maximum absolute atomic E-state index is 12.8. The van der Waals surface area contributed by atoms with Gasteiger partial charge in [0.25, 0.3) is 11.9 Å². The van der Waals surface area contributed by atoms with Crippen LogP contribution < -0.4 is 14.8 Å². The van der Waals surface area contributed by atoms with Gasteiger partial charge in [-0.25, -0.2) is 9.97 Å². The van der Waals surface area contributed by atoms with Crippen molar-refractivity contribution in [2.45, 2.75) is 32.8 Å². The Labute approximate surface area is 171 Å². The Kier molecular flexibility index (Phi) is 5.95. The number of anilines is 1. The number of alkyl halides is 2. The zero-order valence-corrected chi connectivity index (χ0v) is 16.9. The van der Waals surface area contributed by atoms with Crippen LogP contribution in [0.5, 0.6) is 11.5 Å². The van der Waals surface area contributed by atoms with Gasteiger partial charge in [0, 0.05) is 29.4 Å². The lowest BCUT2D eigenvalue weighted by atomic mass is 9.92. The first kappa shape index (κ1) is 21.2. The third-order valence-corrected chi connectivity index (χ3v) is 4.10. The highest BCUT2D eigenvalue weighted by atomic mass is 19.3. The standard InChI is InChI=1S/C20H21F2N5O3/c1-20(2,3)15-11-16(27(26-15)19-23-8-5-9-24-19)25-17(28)12-6-7-13(30-18(21)22)14(10-12)29-4/h5-11,18H,1-4H3,(H,25,28). The van der Waals surface area contributed by atoms with Crippen LogP contribution in [0.4, 0.5) is 14.6 Å². The third-order valence-electron chi connectivity index (χ3n) is 4.10. The van der Waals surface area contributed by atoms with E-state index in [2.05, 4.69) is 25.1 Å². The van der Waals surface area contributed by atoms with Gasteiger partial charge in [-0.05, 0) is 24.3 Å². The molecule has 0 atom stereocenters. The summed E-state index contributed by atoms with van der Waals surface area (Å²) < 4.78 is 35.9. The second-order valence-electron chi connectivity index (χ2n) is 7.32. The second-order valence-corrected chi connectivity index (χ2v) is 7.32. The SMILES string of the molecule is COc1cc(C(=O)Nc2cc(C(C)(C)C)nn2-c2ncccn2)ccc1OC(F)F. The molecule has 1 amide bonds. The number of carbonyl (C=O) groups excluding carboxylic acids is 1. The third kappa shape index (κ3) is 4.70. The van der Waals surface area contributed by atoms with E-state index in [0.29, 0.717) is 11.8 Å². The zero-order chi connectivity index (χ0) is 21.9. The quantitative estimate of drug-likeness (QED) is 0.656. The van der Waals surface area contributed by atoms with Crippen LogP contribution in [0.25, 0.3) is 5.95 Å². The molecular formula is C20H21F2N5O3.